The average Bonchev–Trinajstić information content (AvgIpc) is 2.88. The average molecular weight is 297 g/mol. The number of rotatable bonds is 4. The van der Waals surface area contributed by atoms with Crippen LogP contribution in [0.25, 0.3) is 0 Å². The smallest absolute Gasteiger partial charge is 0.314 e. The normalized spacial score (nSPS) is 17.4. The van der Waals surface area contributed by atoms with Crippen molar-refractivity contribution in [2.75, 3.05) is 7.11 Å². The van der Waals surface area contributed by atoms with Gasteiger partial charge < -0.3 is 9.84 Å². The van der Waals surface area contributed by atoms with Crippen LogP contribution < -0.4 is 4.74 Å². The van der Waals surface area contributed by atoms with E-state index in [2.05, 4.69) is 13.8 Å². The van der Waals surface area contributed by atoms with Crippen LogP contribution in [0, 0.1) is 0 Å². The van der Waals surface area contributed by atoms with Gasteiger partial charge in [-0.2, -0.15) is 0 Å². The highest BCUT2D eigenvalue weighted by Gasteiger charge is 2.43. The van der Waals surface area contributed by atoms with E-state index in [1.165, 1.54) is 0 Å². The molecule has 1 saturated carbocycles. The minimum Gasteiger partial charge on any atom is -0.495 e. The van der Waals surface area contributed by atoms with Crippen LogP contribution in [0.15, 0.2) is 12.1 Å². The van der Waals surface area contributed by atoms with Crippen molar-refractivity contribution in [3.8, 4) is 5.75 Å². The molecule has 0 amide bonds. The zero-order valence-corrected chi connectivity index (χ0v) is 13.0. The molecule has 0 aliphatic heterocycles. The lowest BCUT2D eigenvalue weighted by molar-refractivity contribution is -0.143. The van der Waals surface area contributed by atoms with Crippen LogP contribution >= 0.6 is 11.6 Å². The second-order valence-corrected chi connectivity index (χ2v) is 6.24. The molecule has 0 saturated heterocycles. The van der Waals surface area contributed by atoms with Gasteiger partial charge in [-0.3, -0.25) is 4.79 Å². The molecule has 0 radical (unpaired) electrons. The van der Waals surface area contributed by atoms with Gasteiger partial charge in [-0.1, -0.05) is 44.4 Å². The minimum atomic E-state index is -0.778. The SMILES string of the molecule is COc1c(Cl)cc(C2(C(=O)O)CCCC2)cc1C(C)C. The second-order valence-electron chi connectivity index (χ2n) is 5.83. The lowest BCUT2D eigenvalue weighted by Crippen LogP contribution is -2.32. The monoisotopic (exact) mass is 296 g/mol. The number of hydrogen-bond donors (Lipinski definition) is 1. The summed E-state index contributed by atoms with van der Waals surface area (Å²) in [6.45, 7) is 4.11. The highest BCUT2D eigenvalue weighted by molar-refractivity contribution is 6.32. The first-order valence-electron chi connectivity index (χ1n) is 7.03. The van der Waals surface area contributed by atoms with Crippen LogP contribution in [0.2, 0.25) is 5.02 Å². The Morgan fingerprint density at radius 2 is 1.95 bits per heavy atom. The molecule has 1 aromatic rings. The number of ether oxygens (including phenoxy) is 1. The van der Waals surface area contributed by atoms with Gasteiger partial charge in [0.1, 0.15) is 5.75 Å². The third kappa shape index (κ3) is 2.39. The number of halogens is 1. The summed E-state index contributed by atoms with van der Waals surface area (Å²) < 4.78 is 5.37. The van der Waals surface area contributed by atoms with Crippen molar-refractivity contribution in [2.45, 2.75) is 50.9 Å². The molecular formula is C16H21ClO3. The van der Waals surface area contributed by atoms with Gasteiger partial charge in [0.05, 0.1) is 17.5 Å². The first-order valence-corrected chi connectivity index (χ1v) is 7.41. The lowest BCUT2D eigenvalue weighted by Gasteiger charge is -2.26. The van der Waals surface area contributed by atoms with Crippen LogP contribution in [-0.2, 0) is 10.2 Å². The molecule has 20 heavy (non-hydrogen) atoms. The Bertz CT molecular complexity index is 517. The fourth-order valence-corrected chi connectivity index (χ4v) is 3.44. The summed E-state index contributed by atoms with van der Waals surface area (Å²) in [6.07, 6.45) is 3.27. The number of carbonyl (C=O) groups is 1. The van der Waals surface area contributed by atoms with Crippen molar-refractivity contribution in [3.63, 3.8) is 0 Å². The fraction of sp³-hybridized carbons (Fsp3) is 0.562. The van der Waals surface area contributed by atoms with Gasteiger partial charge in [0, 0.05) is 0 Å². The molecular weight excluding hydrogens is 276 g/mol. The number of benzene rings is 1. The first kappa shape index (κ1) is 15.2. The molecule has 0 unspecified atom stereocenters. The maximum absolute atomic E-state index is 11.8. The highest BCUT2D eigenvalue weighted by Crippen LogP contribution is 2.45. The number of carboxylic acids is 1. The maximum Gasteiger partial charge on any atom is 0.314 e. The predicted octanol–water partition coefficient (Wildman–Crippen LogP) is 4.37. The second kappa shape index (κ2) is 5.65. The van der Waals surface area contributed by atoms with Gasteiger partial charge in [0.15, 0.2) is 0 Å². The molecule has 1 aliphatic carbocycles. The van der Waals surface area contributed by atoms with E-state index >= 15 is 0 Å². The topological polar surface area (TPSA) is 46.5 Å². The maximum atomic E-state index is 11.8. The fourth-order valence-electron chi connectivity index (χ4n) is 3.14. The van der Waals surface area contributed by atoms with E-state index in [4.69, 9.17) is 16.3 Å². The molecule has 0 heterocycles. The summed E-state index contributed by atoms with van der Waals surface area (Å²) in [6, 6.07) is 3.74. The molecule has 1 aromatic carbocycles. The Labute approximate surface area is 124 Å². The van der Waals surface area contributed by atoms with Crippen molar-refractivity contribution in [1.82, 2.24) is 0 Å². The summed E-state index contributed by atoms with van der Waals surface area (Å²) >= 11 is 6.31. The van der Waals surface area contributed by atoms with Crippen molar-refractivity contribution in [1.29, 1.82) is 0 Å². The Kier molecular flexibility index (Phi) is 4.28. The van der Waals surface area contributed by atoms with Gasteiger partial charge in [-0.15, -0.1) is 0 Å². The number of aliphatic carboxylic acids is 1. The minimum absolute atomic E-state index is 0.231. The molecule has 110 valence electrons. The van der Waals surface area contributed by atoms with E-state index in [-0.39, 0.29) is 5.92 Å². The standard InChI is InChI=1S/C16H21ClO3/c1-10(2)12-8-11(9-13(17)14(12)20-3)16(15(18)19)6-4-5-7-16/h8-10H,4-7H2,1-3H3,(H,18,19). The Balaban J connectivity index is 2.60. The summed E-state index contributed by atoms with van der Waals surface area (Å²) in [5.74, 6) is 0.143. The van der Waals surface area contributed by atoms with Crippen LogP contribution in [0.3, 0.4) is 0 Å². The van der Waals surface area contributed by atoms with Crippen LogP contribution in [-0.4, -0.2) is 18.2 Å². The molecule has 4 heteroatoms. The zero-order valence-electron chi connectivity index (χ0n) is 12.2. The van der Waals surface area contributed by atoms with E-state index in [1.807, 2.05) is 6.07 Å². The molecule has 0 bridgehead atoms. The molecule has 0 spiro atoms. The summed E-state index contributed by atoms with van der Waals surface area (Å²) in [7, 11) is 1.59. The summed E-state index contributed by atoms with van der Waals surface area (Å²) in [5.41, 5.74) is 1.01. The Hall–Kier alpha value is -1.22. The Morgan fingerprint density at radius 3 is 2.40 bits per heavy atom. The van der Waals surface area contributed by atoms with E-state index in [0.29, 0.717) is 23.6 Å². The van der Waals surface area contributed by atoms with E-state index in [9.17, 15) is 9.90 Å². The molecule has 1 aliphatic rings. The van der Waals surface area contributed by atoms with Crippen LogP contribution in [0.1, 0.15) is 56.6 Å². The molecule has 0 aromatic heterocycles. The number of carboxylic acid groups (broad SMARTS) is 1. The van der Waals surface area contributed by atoms with Gasteiger partial charge in [-0.05, 0) is 36.0 Å². The van der Waals surface area contributed by atoms with Crippen molar-refractivity contribution >= 4 is 17.6 Å². The zero-order chi connectivity index (χ0) is 14.9. The van der Waals surface area contributed by atoms with E-state index in [0.717, 1.165) is 24.0 Å². The molecule has 3 nitrogen and oxygen atoms in total. The third-order valence-corrected chi connectivity index (χ3v) is 4.60. The van der Waals surface area contributed by atoms with Crippen molar-refractivity contribution in [3.05, 3.63) is 28.3 Å². The van der Waals surface area contributed by atoms with E-state index < -0.39 is 11.4 Å². The molecule has 1 fully saturated rings. The summed E-state index contributed by atoms with van der Waals surface area (Å²) in [4.78, 5) is 11.8. The quantitative estimate of drug-likeness (QED) is 0.897. The van der Waals surface area contributed by atoms with Gasteiger partial charge in [0.25, 0.3) is 0 Å². The van der Waals surface area contributed by atoms with Crippen molar-refractivity contribution in [2.24, 2.45) is 0 Å². The van der Waals surface area contributed by atoms with Gasteiger partial charge in [-0.25, -0.2) is 0 Å². The molecule has 1 N–H and O–H groups in total. The lowest BCUT2D eigenvalue weighted by atomic mass is 9.77. The first-order chi connectivity index (χ1) is 9.42. The van der Waals surface area contributed by atoms with Crippen LogP contribution in [0.5, 0.6) is 5.75 Å². The number of methoxy groups -OCH3 is 1. The largest absolute Gasteiger partial charge is 0.495 e. The number of hydrogen-bond acceptors (Lipinski definition) is 2. The van der Waals surface area contributed by atoms with Gasteiger partial charge in [0.2, 0.25) is 0 Å². The predicted molar refractivity (Wildman–Crippen MR) is 79.9 cm³/mol. The van der Waals surface area contributed by atoms with Gasteiger partial charge >= 0.3 is 5.97 Å². The van der Waals surface area contributed by atoms with E-state index in [1.54, 1.807) is 13.2 Å². The summed E-state index contributed by atoms with van der Waals surface area (Å²) in [5, 5.41) is 10.2. The molecule has 2 rings (SSSR count). The van der Waals surface area contributed by atoms with Crippen LogP contribution in [0.4, 0.5) is 0 Å². The third-order valence-electron chi connectivity index (χ3n) is 4.32. The molecule has 0 atom stereocenters. The highest BCUT2D eigenvalue weighted by atomic mass is 35.5. The van der Waals surface area contributed by atoms with Crippen molar-refractivity contribution < 1.29 is 14.6 Å². The Morgan fingerprint density at radius 1 is 1.35 bits per heavy atom.